The first kappa shape index (κ1) is 15.4. The van der Waals surface area contributed by atoms with Crippen LogP contribution < -0.4 is 0 Å². The Morgan fingerprint density at radius 3 is 2.85 bits per heavy atom. The van der Waals surface area contributed by atoms with E-state index in [1.165, 1.54) is 12.1 Å². The molecule has 0 aliphatic carbocycles. The fraction of sp³-hybridized carbons (Fsp3) is 0.562. The number of halogens is 2. The molecule has 1 atom stereocenters. The minimum atomic E-state index is -0.394. The molecule has 0 unspecified atom stereocenters. The topological polar surface area (TPSA) is 23.5 Å². The molecule has 0 bridgehead atoms. The van der Waals surface area contributed by atoms with Gasteiger partial charge in [-0.15, -0.1) is 0 Å². The number of benzene rings is 1. The van der Waals surface area contributed by atoms with Gasteiger partial charge in [-0.1, -0.05) is 13.8 Å². The van der Waals surface area contributed by atoms with Gasteiger partial charge in [0.25, 0.3) is 0 Å². The Balaban J connectivity index is 2.17. The van der Waals surface area contributed by atoms with E-state index < -0.39 is 5.82 Å². The van der Waals surface area contributed by atoms with E-state index in [-0.39, 0.29) is 23.9 Å². The van der Waals surface area contributed by atoms with Crippen LogP contribution in [-0.4, -0.2) is 29.7 Å². The number of aliphatic hydroxyl groups is 1. The maximum absolute atomic E-state index is 13.9. The Morgan fingerprint density at radius 2 is 2.15 bits per heavy atom. The number of hydrogen-bond acceptors (Lipinski definition) is 2. The highest BCUT2D eigenvalue weighted by atomic mass is 19.1. The molecule has 1 aliphatic heterocycles. The number of aliphatic hydroxyl groups excluding tert-OH is 1. The zero-order valence-electron chi connectivity index (χ0n) is 12.1. The number of likely N-dealkylation sites (tertiary alicyclic amines) is 1. The molecule has 4 heteroatoms. The SMILES string of the molecule is CC(C)([CH]CO)CN1CCC[C@@H]1c1cc(F)ccc1F. The first-order chi connectivity index (χ1) is 9.43. The van der Waals surface area contributed by atoms with Crippen molar-refractivity contribution in [2.45, 2.75) is 32.7 Å². The highest BCUT2D eigenvalue weighted by Crippen LogP contribution is 2.36. The summed E-state index contributed by atoms with van der Waals surface area (Å²) in [5.41, 5.74) is 0.295. The summed E-state index contributed by atoms with van der Waals surface area (Å²) in [5.74, 6) is -0.735. The van der Waals surface area contributed by atoms with Crippen molar-refractivity contribution in [2.24, 2.45) is 5.41 Å². The number of hydrogen-bond donors (Lipinski definition) is 1. The van der Waals surface area contributed by atoms with Crippen molar-refractivity contribution in [3.8, 4) is 0 Å². The summed E-state index contributed by atoms with van der Waals surface area (Å²) in [7, 11) is 0. The van der Waals surface area contributed by atoms with Crippen LogP contribution in [0.25, 0.3) is 0 Å². The third kappa shape index (κ3) is 3.55. The summed E-state index contributed by atoms with van der Waals surface area (Å²) >= 11 is 0. The maximum atomic E-state index is 13.9. The van der Waals surface area contributed by atoms with Crippen molar-refractivity contribution in [3.63, 3.8) is 0 Å². The van der Waals surface area contributed by atoms with Crippen LogP contribution in [0.3, 0.4) is 0 Å². The lowest BCUT2D eigenvalue weighted by atomic mass is 9.88. The average molecular weight is 282 g/mol. The zero-order chi connectivity index (χ0) is 14.8. The molecule has 1 heterocycles. The van der Waals surface area contributed by atoms with Gasteiger partial charge in [-0.05, 0) is 49.4 Å². The molecule has 1 fully saturated rings. The molecule has 1 aromatic rings. The second-order valence-electron chi connectivity index (χ2n) is 6.17. The Kier molecular flexibility index (Phi) is 4.76. The number of rotatable bonds is 5. The summed E-state index contributed by atoms with van der Waals surface area (Å²) in [4.78, 5) is 2.18. The van der Waals surface area contributed by atoms with E-state index in [4.69, 9.17) is 5.11 Å². The van der Waals surface area contributed by atoms with E-state index in [2.05, 4.69) is 4.90 Å². The standard InChI is InChI=1S/C16H22F2NO/c1-16(2,7-9-20)11-19-8-3-4-15(19)13-10-12(17)5-6-14(13)18/h5-7,10,15,20H,3-4,8-9,11H2,1-2H3/t15-/m1/s1. The van der Waals surface area contributed by atoms with Crippen LogP contribution in [0, 0.1) is 23.5 Å². The predicted molar refractivity (Wildman–Crippen MR) is 75.1 cm³/mol. The lowest BCUT2D eigenvalue weighted by Crippen LogP contribution is -2.35. The Morgan fingerprint density at radius 1 is 1.40 bits per heavy atom. The lowest BCUT2D eigenvalue weighted by Gasteiger charge is -2.33. The minimum absolute atomic E-state index is 0.0276. The fourth-order valence-corrected chi connectivity index (χ4v) is 2.97. The van der Waals surface area contributed by atoms with Gasteiger partial charge in [0, 0.05) is 24.8 Å². The van der Waals surface area contributed by atoms with Crippen molar-refractivity contribution in [2.75, 3.05) is 19.7 Å². The summed E-state index contributed by atoms with van der Waals surface area (Å²) in [6.45, 7) is 5.72. The van der Waals surface area contributed by atoms with Gasteiger partial charge >= 0.3 is 0 Å². The summed E-state index contributed by atoms with van der Waals surface area (Å²) < 4.78 is 27.3. The van der Waals surface area contributed by atoms with E-state index in [9.17, 15) is 8.78 Å². The molecule has 1 radical (unpaired) electrons. The van der Waals surface area contributed by atoms with E-state index >= 15 is 0 Å². The molecular formula is C16H22F2NO. The van der Waals surface area contributed by atoms with Gasteiger partial charge in [-0.2, -0.15) is 0 Å². The quantitative estimate of drug-likeness (QED) is 0.895. The molecule has 2 rings (SSSR count). The van der Waals surface area contributed by atoms with E-state index in [0.717, 1.165) is 32.0 Å². The first-order valence-corrected chi connectivity index (χ1v) is 7.07. The van der Waals surface area contributed by atoms with Gasteiger partial charge in [-0.25, -0.2) is 8.78 Å². The van der Waals surface area contributed by atoms with E-state index in [0.29, 0.717) is 5.56 Å². The highest BCUT2D eigenvalue weighted by Gasteiger charge is 2.32. The molecule has 0 amide bonds. The smallest absolute Gasteiger partial charge is 0.128 e. The molecule has 0 aromatic heterocycles. The molecule has 0 spiro atoms. The molecule has 2 nitrogen and oxygen atoms in total. The lowest BCUT2D eigenvalue weighted by molar-refractivity contribution is 0.169. The van der Waals surface area contributed by atoms with Crippen LogP contribution in [0.2, 0.25) is 0 Å². The fourth-order valence-electron chi connectivity index (χ4n) is 2.97. The van der Waals surface area contributed by atoms with Crippen molar-refractivity contribution in [3.05, 3.63) is 41.8 Å². The van der Waals surface area contributed by atoms with Crippen molar-refractivity contribution in [1.29, 1.82) is 0 Å². The third-order valence-electron chi connectivity index (χ3n) is 3.94. The van der Waals surface area contributed by atoms with Crippen LogP contribution in [0.15, 0.2) is 18.2 Å². The van der Waals surface area contributed by atoms with Crippen molar-refractivity contribution in [1.82, 2.24) is 4.90 Å². The van der Waals surface area contributed by atoms with Crippen LogP contribution in [0.1, 0.15) is 38.3 Å². The molecular weight excluding hydrogens is 260 g/mol. The molecule has 1 N–H and O–H groups in total. The minimum Gasteiger partial charge on any atom is -0.396 e. The molecule has 0 saturated carbocycles. The van der Waals surface area contributed by atoms with E-state index in [1.54, 1.807) is 0 Å². The van der Waals surface area contributed by atoms with Gasteiger partial charge < -0.3 is 5.11 Å². The number of nitrogens with zero attached hydrogens (tertiary/aromatic N) is 1. The molecule has 1 aliphatic rings. The Hall–Kier alpha value is -1.00. The zero-order valence-corrected chi connectivity index (χ0v) is 12.1. The van der Waals surface area contributed by atoms with Crippen LogP contribution >= 0.6 is 0 Å². The van der Waals surface area contributed by atoms with Gasteiger partial charge in [0.05, 0.1) is 0 Å². The van der Waals surface area contributed by atoms with E-state index in [1.807, 2.05) is 20.3 Å². The molecule has 1 saturated heterocycles. The van der Waals surface area contributed by atoms with Gasteiger partial charge in [-0.3, -0.25) is 4.90 Å². The summed E-state index contributed by atoms with van der Waals surface area (Å²) in [5, 5.41) is 9.06. The second-order valence-corrected chi connectivity index (χ2v) is 6.17. The van der Waals surface area contributed by atoms with Crippen LogP contribution in [0.5, 0.6) is 0 Å². The summed E-state index contributed by atoms with van der Waals surface area (Å²) in [6, 6.07) is 3.59. The molecule has 20 heavy (non-hydrogen) atoms. The van der Waals surface area contributed by atoms with Crippen LogP contribution in [-0.2, 0) is 0 Å². The Labute approximate surface area is 119 Å². The van der Waals surface area contributed by atoms with Gasteiger partial charge in [0.1, 0.15) is 11.6 Å². The second kappa shape index (κ2) is 6.19. The van der Waals surface area contributed by atoms with Crippen LogP contribution in [0.4, 0.5) is 8.78 Å². The third-order valence-corrected chi connectivity index (χ3v) is 3.94. The largest absolute Gasteiger partial charge is 0.396 e. The normalized spacial score (nSPS) is 20.6. The van der Waals surface area contributed by atoms with Crippen molar-refractivity contribution < 1.29 is 13.9 Å². The predicted octanol–water partition coefficient (Wildman–Crippen LogP) is 3.32. The average Bonchev–Trinajstić information content (AvgIpc) is 2.79. The van der Waals surface area contributed by atoms with Gasteiger partial charge in [0.15, 0.2) is 0 Å². The molecule has 1 aromatic carbocycles. The maximum Gasteiger partial charge on any atom is 0.128 e. The first-order valence-electron chi connectivity index (χ1n) is 7.07. The van der Waals surface area contributed by atoms with Gasteiger partial charge in [0.2, 0.25) is 0 Å². The highest BCUT2D eigenvalue weighted by molar-refractivity contribution is 5.23. The van der Waals surface area contributed by atoms with Crippen molar-refractivity contribution >= 4 is 0 Å². The monoisotopic (exact) mass is 282 g/mol. The molecule has 111 valence electrons. The Bertz CT molecular complexity index is 462. The summed E-state index contributed by atoms with van der Waals surface area (Å²) in [6.07, 6.45) is 3.68.